The lowest BCUT2D eigenvalue weighted by atomic mass is 10.1. The lowest BCUT2D eigenvalue weighted by molar-refractivity contribution is 0.432. The summed E-state index contributed by atoms with van der Waals surface area (Å²) in [5.41, 5.74) is 1.29. The Bertz CT molecular complexity index is 308. The van der Waals surface area contributed by atoms with Crippen LogP contribution in [-0.2, 0) is 6.42 Å². The Morgan fingerprint density at radius 1 is 1.31 bits per heavy atom. The highest BCUT2D eigenvalue weighted by atomic mass is 16.3. The molecule has 0 aliphatic rings. The quantitative estimate of drug-likeness (QED) is 0.735. The summed E-state index contributed by atoms with van der Waals surface area (Å²) in [6.07, 6.45) is 0.672. The summed E-state index contributed by atoms with van der Waals surface area (Å²) in [6.45, 7) is 5.83. The van der Waals surface area contributed by atoms with Gasteiger partial charge in [-0.1, -0.05) is 20.8 Å². The van der Waals surface area contributed by atoms with Gasteiger partial charge < -0.3 is 10.2 Å². The molecule has 0 amide bonds. The third-order valence-corrected chi connectivity index (χ3v) is 1.97. The number of hydrogen-bond acceptors (Lipinski definition) is 3. The van der Waals surface area contributed by atoms with Gasteiger partial charge in [-0.05, 0) is 12.3 Å². The average Bonchev–Trinajstić information content (AvgIpc) is 2.03. The van der Waals surface area contributed by atoms with Gasteiger partial charge >= 0.3 is 0 Å². The zero-order valence-corrected chi connectivity index (χ0v) is 8.20. The van der Waals surface area contributed by atoms with Crippen LogP contribution in [-0.4, -0.2) is 15.2 Å². The molecule has 0 fully saturated rings. The molecule has 0 saturated carbocycles. The molecule has 0 aliphatic carbocycles. The molecule has 1 aromatic rings. The minimum atomic E-state index is 0.0735. The van der Waals surface area contributed by atoms with E-state index >= 15 is 0 Å². The summed E-state index contributed by atoms with van der Waals surface area (Å²) in [7, 11) is 0. The van der Waals surface area contributed by atoms with E-state index in [0.717, 1.165) is 0 Å². The Balaban J connectivity index is 3.22. The van der Waals surface area contributed by atoms with Gasteiger partial charge in [0.2, 0.25) is 0 Å². The molecule has 1 aromatic heterocycles. The normalized spacial score (nSPS) is 10.8. The van der Waals surface area contributed by atoms with Crippen molar-refractivity contribution in [3.05, 3.63) is 17.5 Å². The van der Waals surface area contributed by atoms with Crippen LogP contribution in [0, 0.1) is 0 Å². The van der Waals surface area contributed by atoms with Gasteiger partial charge in [-0.15, -0.1) is 0 Å². The molecule has 1 heterocycles. The maximum absolute atomic E-state index is 9.46. The molecule has 3 heteroatoms. The summed E-state index contributed by atoms with van der Waals surface area (Å²) in [6, 6.07) is 1.36. The number of aromatic nitrogens is 1. The first kappa shape index (κ1) is 9.84. The van der Waals surface area contributed by atoms with E-state index in [0.29, 0.717) is 17.8 Å². The Labute approximate surface area is 78.1 Å². The third kappa shape index (κ3) is 1.91. The van der Waals surface area contributed by atoms with Gasteiger partial charge in [-0.3, -0.25) is 0 Å². The molecule has 72 valence electrons. The van der Waals surface area contributed by atoms with Crippen LogP contribution in [0.5, 0.6) is 11.5 Å². The summed E-state index contributed by atoms with van der Waals surface area (Å²) >= 11 is 0. The Morgan fingerprint density at radius 3 is 2.38 bits per heavy atom. The zero-order chi connectivity index (χ0) is 10.0. The Hall–Kier alpha value is -1.25. The molecular weight excluding hydrogens is 166 g/mol. The van der Waals surface area contributed by atoms with Crippen molar-refractivity contribution in [2.45, 2.75) is 33.1 Å². The molecule has 0 aromatic carbocycles. The van der Waals surface area contributed by atoms with Crippen LogP contribution in [0.15, 0.2) is 6.07 Å². The third-order valence-electron chi connectivity index (χ3n) is 1.97. The molecule has 13 heavy (non-hydrogen) atoms. The first-order valence-corrected chi connectivity index (χ1v) is 4.48. The molecule has 0 saturated heterocycles. The molecule has 3 nitrogen and oxygen atoms in total. The van der Waals surface area contributed by atoms with Crippen molar-refractivity contribution in [2.75, 3.05) is 0 Å². The van der Waals surface area contributed by atoms with Crippen molar-refractivity contribution in [1.82, 2.24) is 4.98 Å². The first-order chi connectivity index (χ1) is 6.06. The number of nitrogens with zero attached hydrogens (tertiary/aromatic N) is 1. The van der Waals surface area contributed by atoms with Crippen molar-refractivity contribution in [3.63, 3.8) is 0 Å². The van der Waals surface area contributed by atoms with E-state index in [1.54, 1.807) is 0 Å². The lowest BCUT2D eigenvalue weighted by Gasteiger charge is -2.10. The van der Waals surface area contributed by atoms with Crippen molar-refractivity contribution in [2.24, 2.45) is 0 Å². The topological polar surface area (TPSA) is 53.4 Å². The number of hydrogen-bond donors (Lipinski definition) is 2. The molecule has 0 aliphatic heterocycles. The molecule has 0 bridgehead atoms. The predicted molar refractivity (Wildman–Crippen MR) is 51.0 cm³/mol. The van der Waals surface area contributed by atoms with Gasteiger partial charge in [-0.2, -0.15) is 0 Å². The number of rotatable bonds is 2. The lowest BCUT2D eigenvalue weighted by Crippen LogP contribution is -1.97. The Morgan fingerprint density at radius 2 is 1.92 bits per heavy atom. The van der Waals surface area contributed by atoms with Gasteiger partial charge in [0, 0.05) is 6.07 Å². The maximum Gasteiger partial charge on any atom is 0.141 e. The van der Waals surface area contributed by atoms with E-state index in [-0.39, 0.29) is 17.4 Å². The highest BCUT2D eigenvalue weighted by Crippen LogP contribution is 2.29. The fourth-order valence-electron chi connectivity index (χ4n) is 1.23. The van der Waals surface area contributed by atoms with Crippen molar-refractivity contribution in [1.29, 1.82) is 0 Å². The molecule has 2 N–H and O–H groups in total. The number of pyridine rings is 1. The first-order valence-electron chi connectivity index (χ1n) is 4.48. The number of aromatic hydroxyl groups is 2. The van der Waals surface area contributed by atoms with E-state index in [1.807, 2.05) is 20.8 Å². The smallest absolute Gasteiger partial charge is 0.141 e. The van der Waals surface area contributed by atoms with E-state index in [9.17, 15) is 10.2 Å². The largest absolute Gasteiger partial charge is 0.506 e. The van der Waals surface area contributed by atoms with Crippen LogP contribution in [0.3, 0.4) is 0 Å². The van der Waals surface area contributed by atoms with Gasteiger partial charge in [0.1, 0.15) is 11.5 Å². The summed E-state index contributed by atoms with van der Waals surface area (Å²) in [5.74, 6) is 0.319. The van der Waals surface area contributed by atoms with Gasteiger partial charge in [0.15, 0.2) is 0 Å². The second kappa shape index (κ2) is 3.64. The van der Waals surface area contributed by atoms with Crippen molar-refractivity contribution < 1.29 is 10.2 Å². The fraction of sp³-hybridized carbons (Fsp3) is 0.500. The standard InChI is InChI=1S/C10H15NO2/c1-4-7-8(12)5-9(13)10(11-7)6(2)3/h5-6,12-13H,4H2,1-3H3. The minimum absolute atomic E-state index is 0.0735. The molecular formula is C10H15NO2. The van der Waals surface area contributed by atoms with Crippen LogP contribution in [0.2, 0.25) is 0 Å². The van der Waals surface area contributed by atoms with Crippen LogP contribution in [0.1, 0.15) is 38.1 Å². The molecule has 0 atom stereocenters. The van der Waals surface area contributed by atoms with E-state index in [4.69, 9.17) is 0 Å². The fourth-order valence-corrected chi connectivity index (χ4v) is 1.23. The monoisotopic (exact) mass is 181 g/mol. The minimum Gasteiger partial charge on any atom is -0.506 e. The highest BCUT2D eigenvalue weighted by molar-refractivity contribution is 5.39. The second-order valence-electron chi connectivity index (χ2n) is 3.37. The SMILES string of the molecule is CCc1nc(C(C)C)c(O)cc1O. The van der Waals surface area contributed by atoms with Gasteiger partial charge in [-0.25, -0.2) is 4.98 Å². The van der Waals surface area contributed by atoms with Crippen LogP contribution < -0.4 is 0 Å². The summed E-state index contributed by atoms with van der Waals surface area (Å²) in [5, 5.41) is 18.8. The van der Waals surface area contributed by atoms with Crippen molar-refractivity contribution in [3.8, 4) is 11.5 Å². The second-order valence-corrected chi connectivity index (χ2v) is 3.37. The molecule has 0 radical (unpaired) electrons. The van der Waals surface area contributed by atoms with Crippen molar-refractivity contribution >= 4 is 0 Å². The van der Waals surface area contributed by atoms with Crippen LogP contribution in [0.4, 0.5) is 0 Å². The summed E-state index contributed by atoms with van der Waals surface area (Å²) in [4.78, 5) is 4.19. The summed E-state index contributed by atoms with van der Waals surface area (Å²) < 4.78 is 0. The Kier molecular flexibility index (Phi) is 2.76. The molecule has 0 unspecified atom stereocenters. The van der Waals surface area contributed by atoms with Crippen LogP contribution >= 0.6 is 0 Å². The highest BCUT2D eigenvalue weighted by Gasteiger charge is 2.11. The predicted octanol–water partition coefficient (Wildman–Crippen LogP) is 2.18. The van der Waals surface area contributed by atoms with Gasteiger partial charge in [0.05, 0.1) is 11.4 Å². The molecule has 1 rings (SSSR count). The van der Waals surface area contributed by atoms with E-state index in [1.165, 1.54) is 6.07 Å². The number of aryl methyl sites for hydroxylation is 1. The van der Waals surface area contributed by atoms with E-state index in [2.05, 4.69) is 4.98 Å². The van der Waals surface area contributed by atoms with Crippen LogP contribution in [0.25, 0.3) is 0 Å². The average molecular weight is 181 g/mol. The van der Waals surface area contributed by atoms with Gasteiger partial charge in [0.25, 0.3) is 0 Å². The molecule has 0 spiro atoms. The zero-order valence-electron chi connectivity index (χ0n) is 8.20. The maximum atomic E-state index is 9.46. The van der Waals surface area contributed by atoms with E-state index < -0.39 is 0 Å².